The molecule has 27 heavy (non-hydrogen) atoms. The van der Waals surface area contributed by atoms with E-state index in [4.69, 9.17) is 9.47 Å². The summed E-state index contributed by atoms with van der Waals surface area (Å²) in [5.74, 6) is 1.19. The molecule has 0 radical (unpaired) electrons. The second-order valence-corrected chi connectivity index (χ2v) is 7.26. The number of nitrogens with zero attached hydrogens (tertiary/aromatic N) is 1. The molecule has 1 aromatic heterocycles. The Hall–Kier alpha value is -2.86. The van der Waals surface area contributed by atoms with Crippen LogP contribution in [-0.2, 0) is 12.8 Å². The monoisotopic (exact) mass is 380 g/mol. The Morgan fingerprint density at radius 3 is 2.67 bits per heavy atom. The molecule has 138 valence electrons. The molecule has 4 rings (SSSR count). The van der Waals surface area contributed by atoms with E-state index >= 15 is 0 Å². The summed E-state index contributed by atoms with van der Waals surface area (Å²) in [6, 6.07) is 11.6. The van der Waals surface area contributed by atoms with Crippen molar-refractivity contribution in [1.82, 2.24) is 4.98 Å². The zero-order chi connectivity index (χ0) is 18.8. The molecule has 0 bridgehead atoms. The lowest BCUT2D eigenvalue weighted by Crippen LogP contribution is -2.12. The lowest BCUT2D eigenvalue weighted by atomic mass is 10.1. The van der Waals surface area contributed by atoms with Crippen LogP contribution in [0.5, 0.6) is 11.5 Å². The van der Waals surface area contributed by atoms with Gasteiger partial charge in [-0.2, -0.15) is 0 Å². The van der Waals surface area contributed by atoms with Crippen LogP contribution >= 0.6 is 11.3 Å². The molecule has 0 saturated carbocycles. The Kier molecular flexibility index (Phi) is 4.81. The fourth-order valence-corrected chi connectivity index (χ4v) is 4.06. The van der Waals surface area contributed by atoms with Crippen molar-refractivity contribution in [2.75, 3.05) is 19.5 Å². The van der Waals surface area contributed by atoms with Gasteiger partial charge in [-0.05, 0) is 60.7 Å². The number of nitrogens with one attached hydrogen (secondary N) is 1. The van der Waals surface area contributed by atoms with Gasteiger partial charge in [0, 0.05) is 16.5 Å². The van der Waals surface area contributed by atoms with Crippen molar-refractivity contribution in [1.29, 1.82) is 0 Å². The molecule has 6 heteroatoms. The van der Waals surface area contributed by atoms with Gasteiger partial charge in [0.05, 0.1) is 19.9 Å². The van der Waals surface area contributed by atoms with Crippen molar-refractivity contribution in [2.45, 2.75) is 19.3 Å². The normalized spacial score (nSPS) is 12.5. The summed E-state index contributed by atoms with van der Waals surface area (Å²) in [7, 11) is 3.21. The summed E-state index contributed by atoms with van der Waals surface area (Å²) in [5, 5.41) is 5.39. The second-order valence-electron chi connectivity index (χ2n) is 6.40. The van der Waals surface area contributed by atoms with Crippen molar-refractivity contribution >= 4 is 22.4 Å². The van der Waals surface area contributed by atoms with Crippen LogP contribution in [0.1, 0.15) is 27.9 Å². The van der Waals surface area contributed by atoms with Crippen LogP contribution in [0.3, 0.4) is 0 Å². The number of ether oxygens (including phenoxy) is 2. The highest BCUT2D eigenvalue weighted by Gasteiger charge is 2.15. The van der Waals surface area contributed by atoms with Gasteiger partial charge in [-0.1, -0.05) is 6.07 Å². The molecule has 0 unspecified atom stereocenters. The maximum absolute atomic E-state index is 12.6. The lowest BCUT2D eigenvalue weighted by Gasteiger charge is -2.08. The fraction of sp³-hybridized carbons (Fsp3) is 0.238. The quantitative estimate of drug-likeness (QED) is 0.704. The lowest BCUT2D eigenvalue weighted by molar-refractivity contribution is 0.102. The van der Waals surface area contributed by atoms with Crippen LogP contribution in [0.2, 0.25) is 0 Å². The van der Waals surface area contributed by atoms with E-state index in [1.54, 1.807) is 14.2 Å². The first-order valence-electron chi connectivity index (χ1n) is 8.79. The summed E-state index contributed by atoms with van der Waals surface area (Å²) >= 11 is 1.40. The number of rotatable bonds is 5. The molecule has 0 spiro atoms. The average Bonchev–Trinajstić information content (AvgIpc) is 3.36. The minimum absolute atomic E-state index is 0.127. The van der Waals surface area contributed by atoms with Gasteiger partial charge >= 0.3 is 0 Å². The highest BCUT2D eigenvalue weighted by molar-refractivity contribution is 7.14. The van der Waals surface area contributed by atoms with E-state index in [1.807, 2.05) is 35.7 Å². The Morgan fingerprint density at radius 2 is 1.85 bits per heavy atom. The highest BCUT2D eigenvalue weighted by Crippen LogP contribution is 2.33. The van der Waals surface area contributed by atoms with Crippen LogP contribution < -0.4 is 14.8 Å². The Labute approximate surface area is 162 Å². The minimum atomic E-state index is -0.127. The third-order valence-corrected chi connectivity index (χ3v) is 5.52. The van der Waals surface area contributed by atoms with E-state index in [1.165, 1.54) is 28.9 Å². The molecule has 1 heterocycles. The Morgan fingerprint density at radius 1 is 1.04 bits per heavy atom. The van der Waals surface area contributed by atoms with Gasteiger partial charge in [-0.3, -0.25) is 10.1 Å². The van der Waals surface area contributed by atoms with Gasteiger partial charge in [-0.15, -0.1) is 11.3 Å². The Balaban J connectivity index is 1.52. The number of benzene rings is 2. The molecule has 0 saturated heterocycles. The first-order chi connectivity index (χ1) is 13.2. The van der Waals surface area contributed by atoms with Gasteiger partial charge in [0.25, 0.3) is 5.91 Å². The highest BCUT2D eigenvalue weighted by atomic mass is 32.1. The van der Waals surface area contributed by atoms with E-state index in [0.717, 1.165) is 24.1 Å². The van der Waals surface area contributed by atoms with Crippen LogP contribution in [0.25, 0.3) is 11.3 Å². The van der Waals surface area contributed by atoms with Crippen LogP contribution in [0.15, 0.2) is 41.8 Å². The first kappa shape index (κ1) is 17.5. The smallest absolute Gasteiger partial charge is 0.257 e. The predicted octanol–water partition coefficient (Wildman–Crippen LogP) is 4.57. The maximum Gasteiger partial charge on any atom is 0.257 e. The number of anilines is 1. The molecule has 1 amide bonds. The number of aryl methyl sites for hydroxylation is 2. The zero-order valence-electron chi connectivity index (χ0n) is 15.2. The fourth-order valence-electron chi connectivity index (χ4n) is 3.34. The number of carbonyl (C=O) groups excluding carboxylic acids is 1. The van der Waals surface area contributed by atoms with Crippen LogP contribution in [0, 0.1) is 0 Å². The largest absolute Gasteiger partial charge is 0.493 e. The number of hydrogen-bond acceptors (Lipinski definition) is 5. The molecular weight excluding hydrogens is 360 g/mol. The SMILES string of the molecule is COc1ccc(-c2csc(NC(=O)c3ccc4c(c3)CCC4)n2)cc1OC. The van der Waals surface area contributed by atoms with Gasteiger partial charge in [0.1, 0.15) is 0 Å². The number of amides is 1. The summed E-state index contributed by atoms with van der Waals surface area (Å²) < 4.78 is 10.6. The van der Waals surface area contributed by atoms with Crippen molar-refractivity contribution in [3.63, 3.8) is 0 Å². The van der Waals surface area contributed by atoms with Crippen molar-refractivity contribution in [3.8, 4) is 22.8 Å². The molecule has 0 fully saturated rings. The molecule has 3 aromatic rings. The molecule has 2 aromatic carbocycles. The topological polar surface area (TPSA) is 60.5 Å². The zero-order valence-corrected chi connectivity index (χ0v) is 16.1. The predicted molar refractivity (Wildman–Crippen MR) is 107 cm³/mol. The van der Waals surface area contributed by atoms with E-state index in [-0.39, 0.29) is 5.91 Å². The number of thiazole rings is 1. The van der Waals surface area contributed by atoms with E-state index in [9.17, 15) is 4.79 Å². The summed E-state index contributed by atoms with van der Waals surface area (Å²) in [5.41, 5.74) is 5.01. The van der Waals surface area contributed by atoms with Gasteiger partial charge < -0.3 is 9.47 Å². The van der Waals surface area contributed by atoms with Crippen molar-refractivity contribution < 1.29 is 14.3 Å². The number of hydrogen-bond donors (Lipinski definition) is 1. The molecule has 1 aliphatic carbocycles. The van der Waals surface area contributed by atoms with E-state index in [0.29, 0.717) is 22.2 Å². The summed E-state index contributed by atoms with van der Waals surface area (Å²) in [4.78, 5) is 17.1. The van der Waals surface area contributed by atoms with Crippen molar-refractivity contribution in [3.05, 3.63) is 58.5 Å². The third-order valence-electron chi connectivity index (χ3n) is 4.76. The van der Waals surface area contributed by atoms with Crippen molar-refractivity contribution in [2.24, 2.45) is 0 Å². The van der Waals surface area contributed by atoms with E-state index < -0.39 is 0 Å². The standard InChI is InChI=1S/C21H20N2O3S/c1-25-18-9-8-15(11-19(18)26-2)17-12-27-21(22-17)23-20(24)16-7-6-13-4-3-5-14(13)10-16/h6-12H,3-5H2,1-2H3,(H,22,23,24). The molecule has 1 N–H and O–H groups in total. The molecule has 0 atom stereocenters. The molecule has 1 aliphatic rings. The summed E-state index contributed by atoms with van der Waals surface area (Å²) in [6.07, 6.45) is 3.33. The third kappa shape index (κ3) is 3.53. The minimum Gasteiger partial charge on any atom is -0.493 e. The molecule has 0 aliphatic heterocycles. The molecular formula is C21H20N2O3S. The maximum atomic E-state index is 12.6. The number of methoxy groups -OCH3 is 2. The second kappa shape index (κ2) is 7.40. The number of carbonyl (C=O) groups is 1. The van der Waals surface area contributed by atoms with Gasteiger partial charge in [0.15, 0.2) is 16.6 Å². The molecule has 5 nitrogen and oxygen atoms in total. The number of fused-ring (bicyclic) bond motifs is 1. The van der Waals surface area contributed by atoms with Crippen LogP contribution in [0.4, 0.5) is 5.13 Å². The summed E-state index contributed by atoms with van der Waals surface area (Å²) in [6.45, 7) is 0. The average molecular weight is 380 g/mol. The van der Waals surface area contributed by atoms with E-state index in [2.05, 4.69) is 16.4 Å². The first-order valence-corrected chi connectivity index (χ1v) is 9.67. The number of aromatic nitrogens is 1. The Bertz CT molecular complexity index is 997. The van der Waals surface area contributed by atoms with Gasteiger partial charge in [-0.25, -0.2) is 4.98 Å². The van der Waals surface area contributed by atoms with Gasteiger partial charge in [0.2, 0.25) is 0 Å². The van der Waals surface area contributed by atoms with Crippen LogP contribution in [-0.4, -0.2) is 25.1 Å².